The maximum atomic E-state index is 5.91. The molecule has 0 radical (unpaired) electrons. The van der Waals surface area contributed by atoms with Gasteiger partial charge in [-0.1, -0.05) is 0 Å². The fraction of sp³-hybridized carbons (Fsp3) is 1.00. The van der Waals surface area contributed by atoms with Crippen molar-refractivity contribution in [2.24, 2.45) is 5.73 Å². The molecule has 2 N–H and O–H groups in total. The molecule has 0 bridgehead atoms. The molecule has 1 aliphatic carbocycles. The summed E-state index contributed by atoms with van der Waals surface area (Å²) in [5, 5.41) is 0. The van der Waals surface area contributed by atoms with E-state index in [4.69, 9.17) is 10.5 Å². The largest absolute Gasteiger partial charge is 0.380 e. The Labute approximate surface area is 86.6 Å². The first-order valence-corrected chi connectivity index (χ1v) is 5.82. The molecule has 1 aliphatic heterocycles. The minimum Gasteiger partial charge on any atom is -0.380 e. The molecule has 1 heterocycles. The van der Waals surface area contributed by atoms with Gasteiger partial charge in [-0.05, 0) is 39.2 Å². The molecule has 2 aliphatic rings. The monoisotopic (exact) mass is 198 g/mol. The van der Waals surface area contributed by atoms with Gasteiger partial charge in [-0.2, -0.15) is 0 Å². The predicted octanol–water partition coefficient (Wildman–Crippen LogP) is 0.977. The van der Waals surface area contributed by atoms with Crippen molar-refractivity contribution in [2.45, 2.75) is 50.2 Å². The van der Waals surface area contributed by atoms with Gasteiger partial charge in [0.1, 0.15) is 0 Å². The van der Waals surface area contributed by atoms with Crippen LogP contribution in [0.3, 0.4) is 0 Å². The van der Waals surface area contributed by atoms with E-state index >= 15 is 0 Å². The minimum absolute atomic E-state index is 0.458. The molecule has 0 aromatic heterocycles. The molecule has 14 heavy (non-hydrogen) atoms. The summed E-state index contributed by atoms with van der Waals surface area (Å²) >= 11 is 0. The summed E-state index contributed by atoms with van der Waals surface area (Å²) in [6.07, 6.45) is 6.15. The zero-order chi connectivity index (χ0) is 9.97. The van der Waals surface area contributed by atoms with Crippen molar-refractivity contribution in [3.63, 3.8) is 0 Å². The summed E-state index contributed by atoms with van der Waals surface area (Å²) in [6, 6.07) is 1.87. The second kappa shape index (κ2) is 4.60. The van der Waals surface area contributed by atoms with Crippen LogP contribution in [-0.2, 0) is 4.74 Å². The first-order chi connectivity index (χ1) is 6.77. The van der Waals surface area contributed by atoms with Crippen LogP contribution in [0.15, 0.2) is 0 Å². The van der Waals surface area contributed by atoms with Crippen molar-refractivity contribution in [1.29, 1.82) is 0 Å². The van der Waals surface area contributed by atoms with Gasteiger partial charge >= 0.3 is 0 Å². The van der Waals surface area contributed by atoms with Crippen LogP contribution in [0.4, 0.5) is 0 Å². The van der Waals surface area contributed by atoms with E-state index < -0.39 is 0 Å². The lowest BCUT2D eigenvalue weighted by Gasteiger charge is -2.36. The van der Waals surface area contributed by atoms with Gasteiger partial charge in [-0.3, -0.25) is 4.90 Å². The van der Waals surface area contributed by atoms with Crippen LogP contribution in [0.1, 0.15) is 32.1 Å². The number of hydrogen-bond donors (Lipinski definition) is 1. The quantitative estimate of drug-likeness (QED) is 0.719. The van der Waals surface area contributed by atoms with E-state index in [0.717, 1.165) is 19.3 Å². The summed E-state index contributed by atoms with van der Waals surface area (Å²) < 4.78 is 5.42. The molecule has 3 nitrogen and oxygen atoms in total. The molecule has 1 atom stereocenters. The van der Waals surface area contributed by atoms with Crippen molar-refractivity contribution in [3.05, 3.63) is 0 Å². The Kier molecular flexibility index (Phi) is 3.42. The van der Waals surface area contributed by atoms with Crippen LogP contribution < -0.4 is 5.73 Å². The fourth-order valence-electron chi connectivity index (χ4n) is 2.65. The van der Waals surface area contributed by atoms with Gasteiger partial charge < -0.3 is 10.5 Å². The number of hydrogen-bond acceptors (Lipinski definition) is 3. The van der Waals surface area contributed by atoms with Crippen LogP contribution >= 0.6 is 0 Å². The summed E-state index contributed by atoms with van der Waals surface area (Å²) in [4.78, 5) is 2.53. The highest BCUT2D eigenvalue weighted by Crippen LogP contribution is 2.24. The lowest BCUT2D eigenvalue weighted by atomic mass is 9.90. The minimum atomic E-state index is 0.458. The summed E-state index contributed by atoms with van der Waals surface area (Å²) in [5.74, 6) is 0. The maximum Gasteiger partial charge on any atom is 0.0622 e. The van der Waals surface area contributed by atoms with Gasteiger partial charge in [0.2, 0.25) is 0 Å². The van der Waals surface area contributed by atoms with Gasteiger partial charge in [0.15, 0.2) is 0 Å². The molecule has 2 rings (SSSR count). The molecular formula is C11H22N2O. The third kappa shape index (κ3) is 2.27. The fourth-order valence-corrected chi connectivity index (χ4v) is 2.65. The third-order valence-corrected chi connectivity index (χ3v) is 3.80. The molecule has 0 aromatic carbocycles. The average Bonchev–Trinajstić information content (AvgIpc) is 2.71. The molecule has 0 spiro atoms. The Morgan fingerprint density at radius 3 is 2.36 bits per heavy atom. The molecule has 2 fully saturated rings. The Balaban J connectivity index is 1.82. The molecule has 0 amide bonds. The number of nitrogens with zero attached hydrogens (tertiary/aromatic N) is 1. The highest BCUT2D eigenvalue weighted by Gasteiger charge is 2.28. The first kappa shape index (κ1) is 10.4. The zero-order valence-electron chi connectivity index (χ0n) is 9.11. The lowest BCUT2D eigenvalue weighted by Crippen LogP contribution is -2.44. The standard InChI is InChI=1S/C11H22N2O/c1-13(11-6-7-14-8-11)10-4-2-9(12)3-5-10/h9-11H,2-8,12H2,1H3. The Morgan fingerprint density at radius 1 is 1.07 bits per heavy atom. The van der Waals surface area contributed by atoms with Crippen LogP contribution in [0.2, 0.25) is 0 Å². The Morgan fingerprint density at radius 2 is 1.79 bits per heavy atom. The van der Waals surface area contributed by atoms with E-state index in [1.807, 2.05) is 0 Å². The Hall–Kier alpha value is -0.120. The summed E-state index contributed by atoms with van der Waals surface area (Å²) in [7, 11) is 2.25. The molecule has 3 heteroatoms. The van der Waals surface area contributed by atoms with Crippen LogP contribution in [0, 0.1) is 0 Å². The van der Waals surface area contributed by atoms with E-state index in [2.05, 4.69) is 11.9 Å². The molecule has 1 saturated heterocycles. The van der Waals surface area contributed by atoms with Crippen LogP contribution in [-0.4, -0.2) is 43.3 Å². The zero-order valence-corrected chi connectivity index (χ0v) is 9.11. The van der Waals surface area contributed by atoms with Crippen molar-refractivity contribution >= 4 is 0 Å². The number of rotatable bonds is 2. The molecular weight excluding hydrogens is 176 g/mol. The van der Waals surface area contributed by atoms with Crippen LogP contribution in [0.25, 0.3) is 0 Å². The van der Waals surface area contributed by atoms with Crippen molar-refractivity contribution in [3.8, 4) is 0 Å². The van der Waals surface area contributed by atoms with Crippen molar-refractivity contribution in [2.75, 3.05) is 20.3 Å². The molecule has 82 valence electrons. The van der Waals surface area contributed by atoms with E-state index in [-0.39, 0.29) is 0 Å². The topological polar surface area (TPSA) is 38.5 Å². The van der Waals surface area contributed by atoms with Gasteiger partial charge in [-0.15, -0.1) is 0 Å². The van der Waals surface area contributed by atoms with Gasteiger partial charge in [0.25, 0.3) is 0 Å². The summed E-state index contributed by atoms with van der Waals surface area (Å²) in [6.45, 7) is 1.88. The van der Waals surface area contributed by atoms with Crippen LogP contribution in [0.5, 0.6) is 0 Å². The average molecular weight is 198 g/mol. The van der Waals surface area contributed by atoms with Gasteiger partial charge in [0.05, 0.1) is 6.61 Å². The molecule has 1 saturated carbocycles. The van der Waals surface area contributed by atoms with Gasteiger partial charge in [-0.25, -0.2) is 0 Å². The normalized spacial score (nSPS) is 39.2. The second-order valence-corrected chi connectivity index (χ2v) is 4.75. The van der Waals surface area contributed by atoms with E-state index in [1.165, 1.54) is 32.1 Å². The predicted molar refractivity (Wildman–Crippen MR) is 57.2 cm³/mol. The second-order valence-electron chi connectivity index (χ2n) is 4.75. The number of nitrogens with two attached hydrogens (primary N) is 1. The van der Waals surface area contributed by atoms with Crippen molar-refractivity contribution in [1.82, 2.24) is 4.90 Å². The summed E-state index contributed by atoms with van der Waals surface area (Å²) in [5.41, 5.74) is 5.91. The highest BCUT2D eigenvalue weighted by molar-refractivity contribution is 4.84. The molecule has 1 unspecified atom stereocenters. The smallest absolute Gasteiger partial charge is 0.0622 e. The highest BCUT2D eigenvalue weighted by atomic mass is 16.5. The molecule has 0 aromatic rings. The number of likely N-dealkylation sites (N-methyl/N-ethyl adjacent to an activating group) is 1. The Bertz CT molecular complexity index is 172. The van der Waals surface area contributed by atoms with E-state index in [9.17, 15) is 0 Å². The maximum absolute atomic E-state index is 5.91. The number of ether oxygens (including phenoxy) is 1. The SMILES string of the molecule is CN(C1CCC(N)CC1)C1CCOC1. The lowest BCUT2D eigenvalue weighted by molar-refractivity contribution is 0.110. The van der Waals surface area contributed by atoms with E-state index in [0.29, 0.717) is 12.1 Å². The first-order valence-electron chi connectivity index (χ1n) is 5.82. The third-order valence-electron chi connectivity index (χ3n) is 3.80. The van der Waals surface area contributed by atoms with Gasteiger partial charge in [0, 0.05) is 24.7 Å². The van der Waals surface area contributed by atoms with Crippen molar-refractivity contribution < 1.29 is 4.74 Å². The van der Waals surface area contributed by atoms with E-state index in [1.54, 1.807) is 0 Å².